The van der Waals surface area contributed by atoms with Crippen LogP contribution in [-0.2, 0) is 11.2 Å². The number of carbonyl (C=O) groups is 1. The number of halogens is 1. The van der Waals surface area contributed by atoms with Crippen molar-refractivity contribution in [1.82, 2.24) is 5.32 Å². The van der Waals surface area contributed by atoms with Gasteiger partial charge in [0.1, 0.15) is 0 Å². The van der Waals surface area contributed by atoms with E-state index in [1.807, 2.05) is 49.4 Å². The van der Waals surface area contributed by atoms with Crippen LogP contribution in [0.4, 0.5) is 0 Å². The van der Waals surface area contributed by atoms with Gasteiger partial charge >= 0.3 is 0 Å². The highest BCUT2D eigenvalue weighted by molar-refractivity contribution is 6.31. The molecule has 4 nitrogen and oxygen atoms in total. The molecule has 0 saturated carbocycles. The first kappa shape index (κ1) is 18.1. The molecule has 128 valence electrons. The van der Waals surface area contributed by atoms with Crippen molar-refractivity contribution in [3.05, 3.63) is 58.6 Å². The van der Waals surface area contributed by atoms with Crippen LogP contribution in [0, 0.1) is 0 Å². The third-order valence-corrected chi connectivity index (χ3v) is 4.18. The molecule has 2 rings (SSSR count). The number of hydrogen-bond donors (Lipinski definition) is 1. The first-order valence-corrected chi connectivity index (χ1v) is 8.17. The molecule has 0 bridgehead atoms. The minimum Gasteiger partial charge on any atom is -0.493 e. The van der Waals surface area contributed by atoms with Crippen LogP contribution in [-0.4, -0.2) is 20.1 Å². The topological polar surface area (TPSA) is 47.6 Å². The summed E-state index contributed by atoms with van der Waals surface area (Å²) < 4.78 is 10.5. The third-order valence-electron chi connectivity index (χ3n) is 3.84. The monoisotopic (exact) mass is 347 g/mol. The van der Waals surface area contributed by atoms with Gasteiger partial charge in [-0.25, -0.2) is 0 Å². The highest BCUT2D eigenvalue weighted by atomic mass is 35.5. The van der Waals surface area contributed by atoms with E-state index in [0.29, 0.717) is 29.4 Å². The van der Waals surface area contributed by atoms with Gasteiger partial charge in [0.05, 0.1) is 20.3 Å². The summed E-state index contributed by atoms with van der Waals surface area (Å²) in [5, 5.41) is 3.64. The lowest BCUT2D eigenvalue weighted by molar-refractivity contribution is -0.121. The molecule has 2 aromatic rings. The van der Waals surface area contributed by atoms with Gasteiger partial charge in [-0.05, 0) is 42.7 Å². The molecule has 1 amide bonds. The van der Waals surface area contributed by atoms with Gasteiger partial charge < -0.3 is 14.8 Å². The Hall–Kier alpha value is -2.20. The minimum absolute atomic E-state index is 0.0165. The fourth-order valence-electron chi connectivity index (χ4n) is 2.51. The smallest absolute Gasteiger partial charge is 0.220 e. The minimum atomic E-state index is -0.128. The first-order valence-electron chi connectivity index (χ1n) is 7.80. The van der Waals surface area contributed by atoms with E-state index in [9.17, 15) is 4.79 Å². The fraction of sp³-hybridized carbons (Fsp3) is 0.316. The number of nitrogens with one attached hydrogen (secondary N) is 1. The number of amides is 1. The second-order valence-corrected chi connectivity index (χ2v) is 5.91. The lowest BCUT2D eigenvalue weighted by atomic mass is 10.1. The predicted molar refractivity (Wildman–Crippen MR) is 95.9 cm³/mol. The molecule has 0 aliphatic heterocycles. The van der Waals surface area contributed by atoms with Crippen LogP contribution in [0.15, 0.2) is 42.5 Å². The molecule has 5 heteroatoms. The van der Waals surface area contributed by atoms with E-state index < -0.39 is 0 Å². The van der Waals surface area contributed by atoms with E-state index in [0.717, 1.165) is 11.1 Å². The van der Waals surface area contributed by atoms with Gasteiger partial charge in [-0.3, -0.25) is 4.79 Å². The van der Waals surface area contributed by atoms with Gasteiger partial charge in [-0.15, -0.1) is 0 Å². The molecule has 1 unspecified atom stereocenters. The third kappa shape index (κ3) is 4.65. The van der Waals surface area contributed by atoms with Crippen LogP contribution >= 0.6 is 11.6 Å². The van der Waals surface area contributed by atoms with E-state index >= 15 is 0 Å². The van der Waals surface area contributed by atoms with Crippen LogP contribution < -0.4 is 14.8 Å². The van der Waals surface area contributed by atoms with Crippen molar-refractivity contribution in [2.24, 2.45) is 0 Å². The highest BCUT2D eigenvalue weighted by Gasteiger charge is 2.12. The van der Waals surface area contributed by atoms with E-state index in [1.54, 1.807) is 14.2 Å². The number of methoxy groups -OCH3 is 2. The van der Waals surface area contributed by atoms with Crippen LogP contribution in [0.2, 0.25) is 5.02 Å². The van der Waals surface area contributed by atoms with Crippen molar-refractivity contribution in [2.75, 3.05) is 14.2 Å². The SMILES string of the molecule is COc1ccc(CCC(=O)NC(C)c2ccccc2Cl)cc1OC. The maximum absolute atomic E-state index is 12.2. The van der Waals surface area contributed by atoms with E-state index in [2.05, 4.69) is 5.32 Å². The van der Waals surface area contributed by atoms with Crippen molar-refractivity contribution < 1.29 is 14.3 Å². The summed E-state index contributed by atoms with van der Waals surface area (Å²) in [7, 11) is 3.20. The zero-order chi connectivity index (χ0) is 17.5. The molecule has 2 aromatic carbocycles. The van der Waals surface area contributed by atoms with Crippen molar-refractivity contribution in [1.29, 1.82) is 0 Å². The van der Waals surface area contributed by atoms with Crippen LogP contribution in [0.25, 0.3) is 0 Å². The van der Waals surface area contributed by atoms with Crippen LogP contribution in [0.3, 0.4) is 0 Å². The molecule has 0 aliphatic rings. The molecule has 0 spiro atoms. The molecule has 1 N–H and O–H groups in total. The summed E-state index contributed by atoms with van der Waals surface area (Å²) in [6, 6.07) is 13.1. The zero-order valence-electron chi connectivity index (χ0n) is 14.1. The number of ether oxygens (including phenoxy) is 2. The fourth-order valence-corrected chi connectivity index (χ4v) is 2.81. The molecule has 24 heavy (non-hydrogen) atoms. The van der Waals surface area contributed by atoms with Crippen molar-refractivity contribution in [3.63, 3.8) is 0 Å². The lowest BCUT2D eigenvalue weighted by Gasteiger charge is -2.16. The zero-order valence-corrected chi connectivity index (χ0v) is 14.9. The maximum Gasteiger partial charge on any atom is 0.220 e. The van der Waals surface area contributed by atoms with Gasteiger partial charge in [0, 0.05) is 11.4 Å². The first-order chi connectivity index (χ1) is 11.5. The Morgan fingerprint density at radius 1 is 1.12 bits per heavy atom. The largest absolute Gasteiger partial charge is 0.493 e. The average Bonchev–Trinajstić information content (AvgIpc) is 2.59. The molecular formula is C19H22ClNO3. The molecule has 1 atom stereocenters. The Morgan fingerprint density at radius 2 is 1.83 bits per heavy atom. The van der Waals surface area contributed by atoms with Crippen molar-refractivity contribution in [3.8, 4) is 11.5 Å². The van der Waals surface area contributed by atoms with Gasteiger partial charge in [0.15, 0.2) is 11.5 Å². The van der Waals surface area contributed by atoms with Crippen LogP contribution in [0.1, 0.15) is 30.5 Å². The number of aryl methyl sites for hydroxylation is 1. The summed E-state index contributed by atoms with van der Waals surface area (Å²) in [4.78, 5) is 12.2. The van der Waals surface area contributed by atoms with Crippen LogP contribution in [0.5, 0.6) is 11.5 Å². The summed E-state index contributed by atoms with van der Waals surface area (Å²) in [5.41, 5.74) is 1.94. The normalized spacial score (nSPS) is 11.7. The quantitative estimate of drug-likeness (QED) is 0.817. The number of rotatable bonds is 7. The Labute approximate surface area is 147 Å². The van der Waals surface area contributed by atoms with Gasteiger partial charge in [-0.1, -0.05) is 35.9 Å². The van der Waals surface area contributed by atoms with E-state index in [4.69, 9.17) is 21.1 Å². The van der Waals surface area contributed by atoms with Gasteiger partial charge in [-0.2, -0.15) is 0 Å². The van der Waals surface area contributed by atoms with Crippen molar-refractivity contribution >= 4 is 17.5 Å². The average molecular weight is 348 g/mol. The maximum atomic E-state index is 12.2. The molecule has 0 saturated heterocycles. The van der Waals surface area contributed by atoms with Crippen molar-refractivity contribution in [2.45, 2.75) is 25.8 Å². The summed E-state index contributed by atoms with van der Waals surface area (Å²) in [5.74, 6) is 1.33. The second-order valence-electron chi connectivity index (χ2n) is 5.50. The Morgan fingerprint density at radius 3 is 2.50 bits per heavy atom. The highest BCUT2D eigenvalue weighted by Crippen LogP contribution is 2.28. The molecule has 0 aliphatic carbocycles. The second kappa shape index (κ2) is 8.60. The number of hydrogen-bond acceptors (Lipinski definition) is 3. The predicted octanol–water partition coefficient (Wildman–Crippen LogP) is 4.17. The van der Waals surface area contributed by atoms with Gasteiger partial charge in [0.2, 0.25) is 5.91 Å². The van der Waals surface area contributed by atoms with E-state index in [-0.39, 0.29) is 11.9 Å². The Balaban J connectivity index is 1.92. The molecule has 0 heterocycles. The molecular weight excluding hydrogens is 326 g/mol. The standard InChI is InChI=1S/C19H22ClNO3/c1-13(15-6-4-5-7-16(15)20)21-19(22)11-9-14-8-10-17(23-2)18(12-14)24-3/h4-8,10,12-13H,9,11H2,1-3H3,(H,21,22). The lowest BCUT2D eigenvalue weighted by Crippen LogP contribution is -2.27. The number of benzene rings is 2. The molecule has 0 radical (unpaired) electrons. The molecule has 0 aromatic heterocycles. The Bertz CT molecular complexity index is 703. The Kier molecular flexibility index (Phi) is 6.50. The van der Waals surface area contributed by atoms with Gasteiger partial charge in [0.25, 0.3) is 0 Å². The molecule has 0 fully saturated rings. The summed E-state index contributed by atoms with van der Waals surface area (Å²) in [6.07, 6.45) is 1.02. The number of carbonyl (C=O) groups excluding carboxylic acids is 1. The summed E-state index contributed by atoms with van der Waals surface area (Å²) >= 11 is 6.16. The van der Waals surface area contributed by atoms with E-state index in [1.165, 1.54) is 0 Å². The summed E-state index contributed by atoms with van der Waals surface area (Å²) in [6.45, 7) is 1.93.